The van der Waals surface area contributed by atoms with Gasteiger partial charge in [-0.3, -0.25) is 19.1 Å². The van der Waals surface area contributed by atoms with Crippen LogP contribution in [0.25, 0.3) is 0 Å². The third-order valence-electron chi connectivity index (χ3n) is 7.63. The molecular formula is C24H44N2O7Si2. The van der Waals surface area contributed by atoms with Crippen LogP contribution in [0.4, 0.5) is 0 Å². The zero-order valence-corrected chi connectivity index (χ0v) is 25.2. The molecule has 11 heteroatoms. The smallest absolute Gasteiger partial charge is 0.330 e. The first kappa shape index (κ1) is 29.7. The molecule has 0 radical (unpaired) electrons. The van der Waals surface area contributed by atoms with Crippen molar-refractivity contribution in [1.82, 2.24) is 9.55 Å². The first-order valence-electron chi connectivity index (χ1n) is 12.2. The third kappa shape index (κ3) is 7.25. The van der Waals surface area contributed by atoms with Crippen LogP contribution < -0.4 is 11.2 Å². The van der Waals surface area contributed by atoms with Crippen molar-refractivity contribution in [3.8, 4) is 0 Å². The highest BCUT2D eigenvalue weighted by atomic mass is 28.4. The SMILES string of the molecule is CC(=O)OCc1cn([C@H]2C[C@H](O[Si](C)(C)C(C)(C)C)[C@@H](CO[Si](C)(C)C(C)(C)C)O2)c(=O)[nH]c1=O. The summed E-state index contributed by atoms with van der Waals surface area (Å²) in [5.41, 5.74) is -0.993. The maximum Gasteiger partial charge on any atom is 0.330 e. The minimum absolute atomic E-state index is 0.00193. The summed E-state index contributed by atoms with van der Waals surface area (Å²) >= 11 is 0. The van der Waals surface area contributed by atoms with Crippen LogP contribution in [-0.2, 0) is 29.7 Å². The Kier molecular flexibility index (Phi) is 8.86. The number of nitrogens with one attached hydrogen (secondary N) is 1. The van der Waals surface area contributed by atoms with Gasteiger partial charge in [0.05, 0.1) is 18.3 Å². The number of carbonyl (C=O) groups is 1. The lowest BCUT2D eigenvalue weighted by Crippen LogP contribution is -2.48. The molecule has 0 amide bonds. The van der Waals surface area contributed by atoms with Crippen molar-refractivity contribution >= 4 is 22.6 Å². The molecule has 3 atom stereocenters. The summed E-state index contributed by atoms with van der Waals surface area (Å²) < 4.78 is 25.9. The van der Waals surface area contributed by atoms with Gasteiger partial charge in [-0.25, -0.2) is 4.79 Å². The van der Waals surface area contributed by atoms with E-state index in [0.717, 1.165) is 0 Å². The van der Waals surface area contributed by atoms with Crippen molar-refractivity contribution in [1.29, 1.82) is 0 Å². The van der Waals surface area contributed by atoms with Crippen LogP contribution >= 0.6 is 0 Å². The minimum Gasteiger partial charge on any atom is -0.461 e. The molecule has 2 rings (SSSR count). The molecule has 200 valence electrons. The molecule has 0 spiro atoms. The van der Waals surface area contributed by atoms with E-state index in [9.17, 15) is 14.4 Å². The number of ether oxygens (including phenoxy) is 2. The number of aromatic amines is 1. The molecule has 1 saturated heterocycles. The fraction of sp³-hybridized carbons (Fsp3) is 0.792. The summed E-state index contributed by atoms with van der Waals surface area (Å²) in [6, 6.07) is 0. The van der Waals surface area contributed by atoms with Crippen LogP contribution in [0.1, 0.15) is 66.7 Å². The molecule has 0 unspecified atom stereocenters. The van der Waals surface area contributed by atoms with Crippen LogP contribution in [0.15, 0.2) is 15.8 Å². The fourth-order valence-electron chi connectivity index (χ4n) is 3.23. The lowest BCUT2D eigenvalue weighted by atomic mass is 10.2. The van der Waals surface area contributed by atoms with E-state index in [1.807, 2.05) is 0 Å². The Morgan fingerprint density at radius 1 is 1.09 bits per heavy atom. The van der Waals surface area contributed by atoms with Crippen LogP contribution in [0.3, 0.4) is 0 Å². The normalized spacial score (nSPS) is 21.9. The van der Waals surface area contributed by atoms with Gasteiger partial charge in [0, 0.05) is 19.5 Å². The van der Waals surface area contributed by atoms with Crippen LogP contribution in [0.5, 0.6) is 0 Å². The lowest BCUT2D eigenvalue weighted by molar-refractivity contribution is -0.142. The molecule has 0 aliphatic carbocycles. The Bertz CT molecular complexity index is 1020. The Morgan fingerprint density at radius 3 is 2.17 bits per heavy atom. The highest BCUT2D eigenvalue weighted by Gasteiger charge is 2.46. The van der Waals surface area contributed by atoms with Gasteiger partial charge in [0.25, 0.3) is 5.56 Å². The predicted octanol–water partition coefficient (Wildman–Crippen LogP) is 4.30. The van der Waals surface area contributed by atoms with Crippen molar-refractivity contribution in [2.45, 2.75) is 116 Å². The average molecular weight is 529 g/mol. The molecular weight excluding hydrogens is 484 g/mol. The zero-order chi connectivity index (χ0) is 27.0. The summed E-state index contributed by atoms with van der Waals surface area (Å²) in [6.45, 7) is 23.3. The van der Waals surface area contributed by atoms with Gasteiger partial charge in [0.2, 0.25) is 0 Å². The predicted molar refractivity (Wildman–Crippen MR) is 141 cm³/mol. The van der Waals surface area contributed by atoms with Crippen LogP contribution in [-0.4, -0.2) is 51.0 Å². The van der Waals surface area contributed by atoms with Crippen LogP contribution in [0, 0.1) is 0 Å². The second-order valence-corrected chi connectivity index (χ2v) is 22.0. The van der Waals surface area contributed by atoms with Crippen molar-refractivity contribution in [3.05, 3.63) is 32.6 Å². The van der Waals surface area contributed by atoms with Crippen molar-refractivity contribution in [3.63, 3.8) is 0 Å². The average Bonchev–Trinajstić information content (AvgIpc) is 3.05. The molecule has 35 heavy (non-hydrogen) atoms. The number of H-pyrrole nitrogens is 1. The van der Waals surface area contributed by atoms with E-state index >= 15 is 0 Å². The maximum absolute atomic E-state index is 12.7. The maximum atomic E-state index is 12.7. The van der Waals surface area contributed by atoms with E-state index < -0.39 is 40.1 Å². The van der Waals surface area contributed by atoms with E-state index in [0.29, 0.717) is 13.0 Å². The van der Waals surface area contributed by atoms with Gasteiger partial charge in [0.1, 0.15) is 18.9 Å². The summed E-state index contributed by atoms with van der Waals surface area (Å²) in [5, 5.41) is 0.0458. The Hall–Kier alpha value is -1.54. The number of aromatic nitrogens is 2. The topological polar surface area (TPSA) is 109 Å². The number of rotatable bonds is 8. The number of carbonyl (C=O) groups excluding carboxylic acids is 1. The van der Waals surface area contributed by atoms with E-state index in [2.05, 4.69) is 72.7 Å². The molecule has 1 aromatic rings. The Balaban J connectivity index is 2.36. The number of nitrogens with zero attached hydrogens (tertiary/aromatic N) is 1. The second kappa shape index (κ2) is 10.4. The van der Waals surface area contributed by atoms with Crippen molar-refractivity contribution in [2.75, 3.05) is 6.61 Å². The van der Waals surface area contributed by atoms with Gasteiger partial charge in [0.15, 0.2) is 16.6 Å². The minimum atomic E-state index is -2.14. The summed E-state index contributed by atoms with van der Waals surface area (Å²) in [6.07, 6.45) is 0.588. The van der Waals surface area contributed by atoms with Gasteiger partial charge in [-0.05, 0) is 36.3 Å². The van der Waals surface area contributed by atoms with E-state index in [1.54, 1.807) is 0 Å². The monoisotopic (exact) mass is 528 g/mol. The fourth-order valence-corrected chi connectivity index (χ4v) is 5.60. The van der Waals surface area contributed by atoms with Gasteiger partial charge >= 0.3 is 11.7 Å². The molecule has 1 aromatic heterocycles. The second-order valence-electron chi connectivity index (χ2n) is 12.5. The van der Waals surface area contributed by atoms with Gasteiger partial charge < -0.3 is 18.3 Å². The summed E-state index contributed by atoms with van der Waals surface area (Å²) in [5.74, 6) is -0.509. The molecule has 1 N–H and O–H groups in total. The first-order valence-corrected chi connectivity index (χ1v) is 18.0. The Labute approximate surface area is 210 Å². The lowest BCUT2D eigenvalue weighted by Gasteiger charge is -2.40. The molecule has 2 heterocycles. The highest BCUT2D eigenvalue weighted by molar-refractivity contribution is 6.74. The Morgan fingerprint density at radius 2 is 1.66 bits per heavy atom. The number of esters is 1. The molecule has 1 aliphatic heterocycles. The summed E-state index contributed by atoms with van der Waals surface area (Å²) in [7, 11) is -4.18. The number of hydrogen-bond donors (Lipinski definition) is 1. The molecule has 0 saturated carbocycles. The van der Waals surface area contributed by atoms with Gasteiger partial charge in [-0.1, -0.05) is 41.5 Å². The van der Waals surface area contributed by atoms with Crippen molar-refractivity contribution in [2.24, 2.45) is 0 Å². The first-order chi connectivity index (χ1) is 15.7. The number of hydrogen-bond acceptors (Lipinski definition) is 7. The van der Waals surface area contributed by atoms with E-state index in [-0.39, 0.29) is 34.5 Å². The highest BCUT2D eigenvalue weighted by Crippen LogP contribution is 2.42. The molecule has 9 nitrogen and oxygen atoms in total. The zero-order valence-electron chi connectivity index (χ0n) is 23.2. The van der Waals surface area contributed by atoms with Crippen LogP contribution in [0.2, 0.25) is 36.3 Å². The molecule has 0 bridgehead atoms. The quantitative estimate of drug-likeness (QED) is 0.396. The standard InChI is InChI=1S/C24H44N2O7Si2/c1-16(27)30-14-17-13-26(22(29)25-21(17)28)20-12-18(33-35(10,11)24(5,6)7)19(32-20)15-31-34(8,9)23(2,3)4/h13,18-20H,12,14-15H2,1-11H3,(H,25,28,29)/t18-,19+,20+/m0/s1. The van der Waals surface area contributed by atoms with Crippen molar-refractivity contribution < 1.29 is 23.1 Å². The molecule has 1 fully saturated rings. The van der Waals surface area contributed by atoms with Gasteiger partial charge in [-0.15, -0.1) is 0 Å². The third-order valence-corrected chi connectivity index (χ3v) is 16.6. The van der Waals surface area contributed by atoms with E-state index in [4.69, 9.17) is 18.3 Å². The molecule has 0 aromatic carbocycles. The summed E-state index contributed by atoms with van der Waals surface area (Å²) in [4.78, 5) is 38.4. The molecule has 1 aliphatic rings. The van der Waals surface area contributed by atoms with E-state index in [1.165, 1.54) is 17.7 Å². The van der Waals surface area contributed by atoms with Gasteiger partial charge in [-0.2, -0.15) is 0 Å². The largest absolute Gasteiger partial charge is 0.461 e.